The van der Waals surface area contributed by atoms with Crippen molar-refractivity contribution in [2.24, 2.45) is 0 Å². The molecule has 1 N–H and O–H groups in total. The maximum atomic E-state index is 12.1. The Bertz CT molecular complexity index is 663. The molecule has 2 aromatic carbocycles. The molecule has 0 saturated heterocycles. The first kappa shape index (κ1) is 17.1. The summed E-state index contributed by atoms with van der Waals surface area (Å²) in [5, 5.41) is 3.69. The maximum absolute atomic E-state index is 12.1. The van der Waals surface area contributed by atoms with E-state index in [0.29, 0.717) is 5.02 Å². The van der Waals surface area contributed by atoms with Crippen LogP contribution in [0.15, 0.2) is 54.6 Å². The van der Waals surface area contributed by atoms with Crippen molar-refractivity contribution >= 4 is 23.6 Å². The molecule has 0 aromatic heterocycles. The first-order valence-corrected chi connectivity index (χ1v) is 7.88. The molecule has 23 heavy (non-hydrogen) atoms. The maximum Gasteiger partial charge on any atom is 0.244 e. The van der Waals surface area contributed by atoms with Crippen LogP contribution in [0.5, 0.6) is 5.75 Å². The average molecular weight is 330 g/mol. The molecular weight excluding hydrogens is 310 g/mol. The van der Waals surface area contributed by atoms with Crippen LogP contribution in [0.1, 0.15) is 30.5 Å². The van der Waals surface area contributed by atoms with Gasteiger partial charge in [0.2, 0.25) is 5.91 Å². The number of ether oxygens (including phenoxy) is 1. The van der Waals surface area contributed by atoms with Gasteiger partial charge in [0.25, 0.3) is 0 Å². The van der Waals surface area contributed by atoms with Crippen molar-refractivity contribution in [3.63, 3.8) is 0 Å². The van der Waals surface area contributed by atoms with Crippen LogP contribution >= 0.6 is 11.6 Å². The Morgan fingerprint density at radius 2 is 1.83 bits per heavy atom. The van der Waals surface area contributed by atoms with Crippen molar-refractivity contribution in [1.82, 2.24) is 5.32 Å². The van der Waals surface area contributed by atoms with Gasteiger partial charge >= 0.3 is 0 Å². The summed E-state index contributed by atoms with van der Waals surface area (Å²) in [5.41, 5.74) is 1.99. The van der Waals surface area contributed by atoms with E-state index in [1.807, 2.05) is 43.3 Å². The number of hydrogen-bond donors (Lipinski definition) is 1. The molecule has 0 bridgehead atoms. The fourth-order valence-corrected chi connectivity index (χ4v) is 2.35. The Morgan fingerprint density at radius 1 is 1.17 bits per heavy atom. The lowest BCUT2D eigenvalue weighted by Gasteiger charge is -2.16. The summed E-state index contributed by atoms with van der Waals surface area (Å²) in [4.78, 5) is 12.1. The van der Waals surface area contributed by atoms with E-state index in [0.717, 1.165) is 23.3 Å². The first-order valence-electron chi connectivity index (χ1n) is 7.50. The zero-order valence-corrected chi connectivity index (χ0v) is 14.0. The van der Waals surface area contributed by atoms with Crippen LogP contribution in [-0.2, 0) is 4.79 Å². The lowest BCUT2D eigenvalue weighted by Crippen LogP contribution is -2.26. The van der Waals surface area contributed by atoms with Gasteiger partial charge in [-0.2, -0.15) is 0 Å². The van der Waals surface area contributed by atoms with E-state index >= 15 is 0 Å². The van der Waals surface area contributed by atoms with E-state index < -0.39 is 0 Å². The molecule has 3 nitrogen and oxygen atoms in total. The van der Waals surface area contributed by atoms with Crippen molar-refractivity contribution in [3.8, 4) is 5.75 Å². The van der Waals surface area contributed by atoms with Gasteiger partial charge in [0.05, 0.1) is 13.2 Å². The van der Waals surface area contributed by atoms with E-state index in [4.69, 9.17) is 16.3 Å². The molecule has 0 radical (unpaired) electrons. The third kappa shape index (κ3) is 5.15. The van der Waals surface area contributed by atoms with Gasteiger partial charge in [-0.05, 0) is 47.9 Å². The normalized spacial score (nSPS) is 12.1. The molecule has 120 valence electrons. The van der Waals surface area contributed by atoms with Crippen molar-refractivity contribution in [3.05, 3.63) is 70.8 Å². The Morgan fingerprint density at radius 3 is 2.39 bits per heavy atom. The molecule has 1 atom stereocenters. The van der Waals surface area contributed by atoms with Crippen LogP contribution < -0.4 is 10.1 Å². The topological polar surface area (TPSA) is 38.3 Å². The molecule has 4 heteroatoms. The fourth-order valence-electron chi connectivity index (χ4n) is 2.22. The van der Waals surface area contributed by atoms with Crippen LogP contribution in [0.2, 0.25) is 5.02 Å². The summed E-state index contributed by atoms with van der Waals surface area (Å²) in [6.07, 6.45) is 4.12. The van der Waals surface area contributed by atoms with Gasteiger partial charge in [0, 0.05) is 11.1 Å². The van der Waals surface area contributed by atoms with Crippen LogP contribution in [-0.4, -0.2) is 13.0 Å². The number of nitrogens with one attached hydrogen (secondary N) is 1. The number of methoxy groups -OCH3 is 1. The molecule has 2 aromatic rings. The number of hydrogen-bond acceptors (Lipinski definition) is 2. The van der Waals surface area contributed by atoms with E-state index in [2.05, 4.69) is 5.32 Å². The molecule has 0 unspecified atom stereocenters. The van der Waals surface area contributed by atoms with Gasteiger partial charge in [-0.25, -0.2) is 0 Å². The van der Waals surface area contributed by atoms with E-state index in [1.165, 1.54) is 6.08 Å². The van der Waals surface area contributed by atoms with Crippen molar-refractivity contribution < 1.29 is 9.53 Å². The standard InChI is InChI=1S/C19H20ClNO2/c1-3-18(15-7-11-17(23-2)12-8-15)21-19(22)13-6-14-4-9-16(20)10-5-14/h4-13,18H,3H2,1-2H3,(H,21,22)/b13-6+/t18-/m1/s1. The van der Waals surface area contributed by atoms with Crippen LogP contribution in [0.25, 0.3) is 6.08 Å². The minimum atomic E-state index is -0.123. The monoisotopic (exact) mass is 329 g/mol. The molecule has 0 saturated carbocycles. The lowest BCUT2D eigenvalue weighted by molar-refractivity contribution is -0.117. The number of benzene rings is 2. The predicted octanol–water partition coefficient (Wildman–Crippen LogP) is 4.63. The fraction of sp³-hybridized carbons (Fsp3) is 0.211. The molecule has 0 spiro atoms. The Kier molecular flexibility index (Phi) is 6.24. The third-order valence-electron chi connectivity index (χ3n) is 3.54. The van der Waals surface area contributed by atoms with Crippen LogP contribution in [0, 0.1) is 0 Å². The molecule has 0 aliphatic heterocycles. The Balaban J connectivity index is 1.99. The van der Waals surface area contributed by atoms with Crippen LogP contribution in [0.4, 0.5) is 0 Å². The van der Waals surface area contributed by atoms with Gasteiger partial charge in [0.15, 0.2) is 0 Å². The van der Waals surface area contributed by atoms with Crippen molar-refractivity contribution in [1.29, 1.82) is 0 Å². The Labute approximate surface area is 141 Å². The number of amides is 1. The average Bonchev–Trinajstić information content (AvgIpc) is 2.59. The molecule has 0 aliphatic carbocycles. The zero-order chi connectivity index (χ0) is 16.7. The van der Waals surface area contributed by atoms with E-state index in [-0.39, 0.29) is 11.9 Å². The quantitative estimate of drug-likeness (QED) is 0.785. The zero-order valence-electron chi connectivity index (χ0n) is 13.3. The molecule has 0 aliphatic rings. The summed E-state index contributed by atoms with van der Waals surface area (Å²) in [5.74, 6) is 0.681. The number of carbonyl (C=O) groups is 1. The van der Waals surface area contributed by atoms with Crippen molar-refractivity contribution in [2.75, 3.05) is 7.11 Å². The number of carbonyl (C=O) groups excluding carboxylic acids is 1. The van der Waals surface area contributed by atoms with Gasteiger partial charge in [-0.15, -0.1) is 0 Å². The highest BCUT2D eigenvalue weighted by Gasteiger charge is 2.11. The van der Waals surface area contributed by atoms with Crippen molar-refractivity contribution in [2.45, 2.75) is 19.4 Å². The molecule has 0 heterocycles. The van der Waals surface area contributed by atoms with Gasteiger partial charge < -0.3 is 10.1 Å². The first-order chi connectivity index (χ1) is 11.1. The lowest BCUT2D eigenvalue weighted by atomic mass is 10.0. The van der Waals surface area contributed by atoms with Crippen LogP contribution in [0.3, 0.4) is 0 Å². The van der Waals surface area contributed by atoms with E-state index in [9.17, 15) is 4.79 Å². The third-order valence-corrected chi connectivity index (χ3v) is 3.79. The number of halogens is 1. The largest absolute Gasteiger partial charge is 0.497 e. The summed E-state index contributed by atoms with van der Waals surface area (Å²) >= 11 is 5.84. The number of rotatable bonds is 6. The molecule has 1 amide bonds. The second-order valence-electron chi connectivity index (χ2n) is 5.13. The highest BCUT2D eigenvalue weighted by molar-refractivity contribution is 6.30. The summed E-state index contributed by atoms with van der Waals surface area (Å²) in [6.45, 7) is 2.04. The second-order valence-corrected chi connectivity index (χ2v) is 5.56. The minimum Gasteiger partial charge on any atom is -0.497 e. The molecule has 2 rings (SSSR count). The van der Waals surface area contributed by atoms with E-state index in [1.54, 1.807) is 25.3 Å². The van der Waals surface area contributed by atoms with Gasteiger partial charge in [0.1, 0.15) is 5.75 Å². The summed E-state index contributed by atoms with van der Waals surface area (Å²) in [7, 11) is 1.63. The summed E-state index contributed by atoms with van der Waals surface area (Å²) in [6, 6.07) is 15.0. The smallest absolute Gasteiger partial charge is 0.244 e. The highest BCUT2D eigenvalue weighted by atomic mass is 35.5. The Hall–Kier alpha value is -2.26. The minimum absolute atomic E-state index is 0.0247. The predicted molar refractivity (Wildman–Crippen MR) is 94.7 cm³/mol. The van der Waals surface area contributed by atoms with Gasteiger partial charge in [-0.1, -0.05) is 42.8 Å². The summed E-state index contributed by atoms with van der Waals surface area (Å²) < 4.78 is 5.15. The van der Waals surface area contributed by atoms with Gasteiger partial charge in [-0.3, -0.25) is 4.79 Å². The molecule has 0 fully saturated rings. The highest BCUT2D eigenvalue weighted by Crippen LogP contribution is 2.20. The molecular formula is C19H20ClNO2. The SMILES string of the molecule is CC[C@@H](NC(=O)/C=C/c1ccc(Cl)cc1)c1ccc(OC)cc1. The second kappa shape index (κ2) is 8.39.